The van der Waals surface area contributed by atoms with E-state index in [0.717, 1.165) is 19.4 Å². The Kier molecular flexibility index (Phi) is 3.12. The maximum Gasteiger partial charge on any atom is 0.0727 e. The van der Waals surface area contributed by atoms with E-state index in [1.54, 1.807) is 0 Å². The summed E-state index contributed by atoms with van der Waals surface area (Å²) in [6, 6.07) is 0.0347. The minimum atomic E-state index is 0.0347. The van der Waals surface area contributed by atoms with Crippen LogP contribution in [0.1, 0.15) is 19.3 Å². The van der Waals surface area contributed by atoms with E-state index in [0.29, 0.717) is 6.42 Å². The van der Waals surface area contributed by atoms with Gasteiger partial charge in [-0.3, -0.25) is 0 Å². The highest BCUT2D eigenvalue weighted by atomic mass is 16.5. The number of hydrogen-bond donors (Lipinski definition) is 2. The molecule has 1 rings (SSSR count). The van der Waals surface area contributed by atoms with Gasteiger partial charge >= 0.3 is 0 Å². The molecule has 1 aliphatic rings. The maximum atomic E-state index is 8.56. The van der Waals surface area contributed by atoms with Crippen LogP contribution in [0, 0.1) is 0 Å². The van der Waals surface area contributed by atoms with Gasteiger partial charge in [-0.1, -0.05) is 0 Å². The molecule has 10 heavy (non-hydrogen) atoms. The number of nitrogens with two attached hydrogens (primary N) is 1. The van der Waals surface area contributed by atoms with Crippen LogP contribution in [0.3, 0.4) is 0 Å². The van der Waals surface area contributed by atoms with Crippen molar-refractivity contribution in [3.05, 3.63) is 0 Å². The van der Waals surface area contributed by atoms with Gasteiger partial charge in [0.1, 0.15) is 0 Å². The molecule has 0 saturated carbocycles. The maximum absolute atomic E-state index is 8.56. The number of rotatable bonds is 3. The molecule has 0 aromatic heterocycles. The molecule has 3 N–H and O–H groups in total. The van der Waals surface area contributed by atoms with E-state index in [1.165, 1.54) is 0 Å². The lowest BCUT2D eigenvalue weighted by Crippen LogP contribution is -2.34. The van der Waals surface area contributed by atoms with Crippen molar-refractivity contribution in [3.63, 3.8) is 0 Å². The van der Waals surface area contributed by atoms with Gasteiger partial charge in [-0.05, 0) is 19.3 Å². The van der Waals surface area contributed by atoms with E-state index in [1.807, 2.05) is 0 Å². The number of aliphatic hydroxyl groups is 1. The van der Waals surface area contributed by atoms with E-state index in [9.17, 15) is 0 Å². The minimum Gasteiger partial charge on any atom is -0.396 e. The zero-order valence-corrected chi connectivity index (χ0v) is 6.12. The second-order valence-electron chi connectivity index (χ2n) is 2.73. The predicted octanol–water partition coefficient (Wildman–Crippen LogP) is -0.125. The summed E-state index contributed by atoms with van der Waals surface area (Å²) >= 11 is 0. The molecule has 0 aromatic carbocycles. The molecule has 0 aliphatic carbocycles. The Morgan fingerprint density at radius 2 is 2.50 bits per heavy atom. The van der Waals surface area contributed by atoms with Gasteiger partial charge in [-0.15, -0.1) is 0 Å². The average molecular weight is 145 g/mol. The summed E-state index contributed by atoms with van der Waals surface area (Å²) in [5, 5.41) is 8.56. The molecule has 1 aliphatic heterocycles. The third-order valence-corrected chi connectivity index (χ3v) is 1.90. The summed E-state index contributed by atoms with van der Waals surface area (Å²) in [6.45, 7) is 1.00. The van der Waals surface area contributed by atoms with E-state index in [-0.39, 0.29) is 18.8 Å². The standard InChI is InChI=1S/C7H15NO2/c8-6(3-4-9)7-2-1-5-10-7/h6-7,9H,1-5,8H2. The average Bonchev–Trinajstić information content (AvgIpc) is 2.38. The smallest absolute Gasteiger partial charge is 0.0727 e. The third-order valence-electron chi connectivity index (χ3n) is 1.90. The second kappa shape index (κ2) is 3.91. The Morgan fingerprint density at radius 3 is 3.00 bits per heavy atom. The SMILES string of the molecule is NC(CCO)C1CCCO1. The molecule has 0 radical (unpaired) electrons. The molecule has 1 heterocycles. The molecule has 2 atom stereocenters. The highest BCUT2D eigenvalue weighted by Crippen LogP contribution is 2.15. The normalized spacial score (nSPS) is 28.8. The largest absolute Gasteiger partial charge is 0.396 e. The topological polar surface area (TPSA) is 55.5 Å². The van der Waals surface area contributed by atoms with Crippen LogP contribution in [0.15, 0.2) is 0 Å². The Hall–Kier alpha value is -0.120. The van der Waals surface area contributed by atoms with Crippen molar-refractivity contribution in [1.29, 1.82) is 0 Å². The van der Waals surface area contributed by atoms with Crippen LogP contribution in [0.5, 0.6) is 0 Å². The van der Waals surface area contributed by atoms with Crippen molar-refractivity contribution in [2.75, 3.05) is 13.2 Å². The molecular formula is C7H15NO2. The van der Waals surface area contributed by atoms with Gasteiger partial charge in [-0.25, -0.2) is 0 Å². The molecule has 0 spiro atoms. The summed E-state index contributed by atoms with van der Waals surface area (Å²) in [5.41, 5.74) is 5.70. The van der Waals surface area contributed by atoms with Crippen LogP contribution < -0.4 is 5.73 Å². The first-order chi connectivity index (χ1) is 4.84. The number of aliphatic hydroxyl groups excluding tert-OH is 1. The van der Waals surface area contributed by atoms with Crippen LogP contribution >= 0.6 is 0 Å². The van der Waals surface area contributed by atoms with E-state index < -0.39 is 0 Å². The van der Waals surface area contributed by atoms with Crippen molar-refractivity contribution in [3.8, 4) is 0 Å². The molecule has 2 unspecified atom stereocenters. The van der Waals surface area contributed by atoms with Crippen molar-refractivity contribution in [2.45, 2.75) is 31.4 Å². The highest BCUT2D eigenvalue weighted by molar-refractivity contribution is 4.76. The molecule has 1 saturated heterocycles. The highest BCUT2D eigenvalue weighted by Gasteiger charge is 2.21. The summed E-state index contributed by atoms with van der Waals surface area (Å²) in [6.07, 6.45) is 3.03. The molecule has 3 nitrogen and oxygen atoms in total. The molecule has 3 heteroatoms. The van der Waals surface area contributed by atoms with Crippen molar-refractivity contribution < 1.29 is 9.84 Å². The molecular weight excluding hydrogens is 130 g/mol. The lowest BCUT2D eigenvalue weighted by Gasteiger charge is -2.16. The van der Waals surface area contributed by atoms with E-state index >= 15 is 0 Å². The van der Waals surface area contributed by atoms with Crippen molar-refractivity contribution >= 4 is 0 Å². The van der Waals surface area contributed by atoms with Crippen LogP contribution in [-0.4, -0.2) is 30.5 Å². The number of hydrogen-bond acceptors (Lipinski definition) is 3. The van der Waals surface area contributed by atoms with Crippen LogP contribution in [0.25, 0.3) is 0 Å². The van der Waals surface area contributed by atoms with Gasteiger partial charge in [-0.2, -0.15) is 0 Å². The Morgan fingerprint density at radius 1 is 1.70 bits per heavy atom. The van der Waals surface area contributed by atoms with Gasteiger partial charge in [0.15, 0.2) is 0 Å². The van der Waals surface area contributed by atoms with Gasteiger partial charge in [0.25, 0.3) is 0 Å². The van der Waals surface area contributed by atoms with Gasteiger partial charge in [0, 0.05) is 19.3 Å². The molecule has 60 valence electrons. The fourth-order valence-electron chi connectivity index (χ4n) is 1.28. The summed E-state index contributed by atoms with van der Waals surface area (Å²) < 4.78 is 5.33. The zero-order valence-electron chi connectivity index (χ0n) is 6.12. The first-order valence-corrected chi connectivity index (χ1v) is 3.82. The molecule has 0 bridgehead atoms. The van der Waals surface area contributed by atoms with Crippen molar-refractivity contribution in [2.24, 2.45) is 5.73 Å². The predicted molar refractivity (Wildman–Crippen MR) is 38.7 cm³/mol. The third kappa shape index (κ3) is 1.94. The quantitative estimate of drug-likeness (QED) is 0.582. The zero-order chi connectivity index (χ0) is 7.40. The fraction of sp³-hybridized carbons (Fsp3) is 1.00. The first-order valence-electron chi connectivity index (χ1n) is 3.82. The van der Waals surface area contributed by atoms with Crippen LogP contribution in [0.2, 0.25) is 0 Å². The lowest BCUT2D eigenvalue weighted by molar-refractivity contribution is 0.0813. The second-order valence-corrected chi connectivity index (χ2v) is 2.73. The monoisotopic (exact) mass is 145 g/mol. The molecule has 1 fully saturated rings. The van der Waals surface area contributed by atoms with Crippen molar-refractivity contribution in [1.82, 2.24) is 0 Å². The van der Waals surface area contributed by atoms with E-state index in [4.69, 9.17) is 15.6 Å². The van der Waals surface area contributed by atoms with Gasteiger partial charge < -0.3 is 15.6 Å². The first kappa shape index (κ1) is 7.98. The Balaban J connectivity index is 2.18. The van der Waals surface area contributed by atoms with Gasteiger partial charge in [0.05, 0.1) is 6.10 Å². The fourth-order valence-corrected chi connectivity index (χ4v) is 1.28. The Labute approximate surface area is 61.2 Å². The summed E-state index contributed by atoms with van der Waals surface area (Å²) in [4.78, 5) is 0. The summed E-state index contributed by atoms with van der Waals surface area (Å²) in [7, 11) is 0. The van der Waals surface area contributed by atoms with Crippen LogP contribution in [0.4, 0.5) is 0 Å². The number of ether oxygens (including phenoxy) is 1. The van der Waals surface area contributed by atoms with Gasteiger partial charge in [0.2, 0.25) is 0 Å². The summed E-state index contributed by atoms with van der Waals surface area (Å²) in [5.74, 6) is 0. The Bertz CT molecular complexity index is 91.6. The van der Waals surface area contributed by atoms with Crippen LogP contribution in [-0.2, 0) is 4.74 Å². The lowest BCUT2D eigenvalue weighted by atomic mass is 10.1. The molecule has 0 amide bonds. The minimum absolute atomic E-state index is 0.0347. The molecule has 0 aromatic rings. The van der Waals surface area contributed by atoms with E-state index in [2.05, 4.69) is 0 Å².